The van der Waals surface area contributed by atoms with Gasteiger partial charge in [0.25, 0.3) is 5.56 Å². The third-order valence-electron chi connectivity index (χ3n) is 4.03. The standard InChI is InChI=1S/C19H17N3O5S/c20-8-13-14(21-19(28)22-18(13)25)7-6-12-2-1-3-15(26-9-11-4-5-11)17(12)27-10-16(23)24/h1-3,6-7,11H,4-5,9-10H2,(H,23,24)(H2,21,22,25,28). The van der Waals surface area contributed by atoms with Gasteiger partial charge < -0.3 is 19.6 Å². The van der Waals surface area contributed by atoms with Gasteiger partial charge in [-0.05, 0) is 49.2 Å². The van der Waals surface area contributed by atoms with Crippen LogP contribution < -0.4 is 15.0 Å². The minimum Gasteiger partial charge on any atom is -0.489 e. The molecule has 1 aromatic carbocycles. The Balaban J connectivity index is 1.96. The number of benzene rings is 1. The number of carboxylic acids is 1. The second-order valence-corrected chi connectivity index (χ2v) is 6.66. The molecule has 0 amide bonds. The number of nitrogens with zero attached hydrogens (tertiary/aromatic N) is 1. The van der Waals surface area contributed by atoms with Crippen molar-refractivity contribution >= 4 is 30.3 Å². The van der Waals surface area contributed by atoms with Gasteiger partial charge in [-0.3, -0.25) is 9.78 Å². The van der Waals surface area contributed by atoms with Crippen LogP contribution in [0.2, 0.25) is 0 Å². The molecular formula is C19H17N3O5S. The summed E-state index contributed by atoms with van der Waals surface area (Å²) >= 11 is 4.94. The van der Waals surface area contributed by atoms with Crippen LogP contribution in [0.1, 0.15) is 29.7 Å². The number of carbonyl (C=O) groups is 1. The number of carboxylic acid groups (broad SMARTS) is 1. The second-order valence-electron chi connectivity index (χ2n) is 6.25. The number of ether oxygens (including phenoxy) is 2. The summed E-state index contributed by atoms with van der Waals surface area (Å²) < 4.78 is 11.3. The van der Waals surface area contributed by atoms with Crippen LogP contribution in [0.25, 0.3) is 12.2 Å². The number of para-hydroxylation sites is 1. The lowest BCUT2D eigenvalue weighted by atomic mass is 10.1. The first-order chi connectivity index (χ1) is 13.5. The molecule has 0 atom stereocenters. The van der Waals surface area contributed by atoms with E-state index in [1.54, 1.807) is 24.3 Å². The van der Waals surface area contributed by atoms with Crippen molar-refractivity contribution in [2.24, 2.45) is 5.92 Å². The Bertz CT molecular complexity index is 1080. The highest BCUT2D eigenvalue weighted by Gasteiger charge is 2.23. The highest BCUT2D eigenvalue weighted by Crippen LogP contribution is 2.35. The van der Waals surface area contributed by atoms with Crippen LogP contribution in [0.5, 0.6) is 11.5 Å². The van der Waals surface area contributed by atoms with Crippen molar-refractivity contribution in [3.05, 3.63) is 50.1 Å². The van der Waals surface area contributed by atoms with Crippen molar-refractivity contribution in [2.45, 2.75) is 12.8 Å². The van der Waals surface area contributed by atoms with E-state index >= 15 is 0 Å². The van der Waals surface area contributed by atoms with Crippen molar-refractivity contribution in [1.29, 1.82) is 5.26 Å². The molecule has 1 aliphatic rings. The van der Waals surface area contributed by atoms with Gasteiger partial charge in [-0.1, -0.05) is 12.1 Å². The minimum absolute atomic E-state index is 0.0903. The van der Waals surface area contributed by atoms with Crippen LogP contribution in [0.3, 0.4) is 0 Å². The van der Waals surface area contributed by atoms with Gasteiger partial charge in [-0.25, -0.2) is 4.79 Å². The summed E-state index contributed by atoms with van der Waals surface area (Å²) in [5.41, 5.74) is 0.0801. The minimum atomic E-state index is -1.11. The number of hydrogen-bond donors (Lipinski definition) is 3. The van der Waals surface area contributed by atoms with Crippen molar-refractivity contribution in [2.75, 3.05) is 13.2 Å². The van der Waals surface area contributed by atoms with Crippen molar-refractivity contribution in [3.8, 4) is 17.6 Å². The smallest absolute Gasteiger partial charge is 0.341 e. The molecule has 28 heavy (non-hydrogen) atoms. The Kier molecular flexibility index (Phi) is 5.91. The quantitative estimate of drug-likeness (QED) is 0.582. The van der Waals surface area contributed by atoms with Crippen LogP contribution in [0.15, 0.2) is 23.0 Å². The molecule has 0 unspecified atom stereocenters. The normalized spacial score (nSPS) is 13.2. The molecule has 144 valence electrons. The maximum absolute atomic E-state index is 11.8. The fraction of sp³-hybridized carbons (Fsp3) is 0.263. The van der Waals surface area contributed by atoms with Gasteiger partial charge in [-0.2, -0.15) is 5.26 Å². The van der Waals surface area contributed by atoms with E-state index in [2.05, 4.69) is 9.97 Å². The van der Waals surface area contributed by atoms with Crippen LogP contribution in [-0.2, 0) is 4.79 Å². The molecule has 0 radical (unpaired) electrons. The van der Waals surface area contributed by atoms with E-state index in [1.807, 2.05) is 6.07 Å². The number of hydrogen-bond acceptors (Lipinski definition) is 6. The van der Waals surface area contributed by atoms with Crippen LogP contribution in [0.4, 0.5) is 0 Å². The molecule has 0 spiro atoms. The lowest BCUT2D eigenvalue weighted by Gasteiger charge is -2.14. The third kappa shape index (κ3) is 4.86. The maximum Gasteiger partial charge on any atom is 0.341 e. The highest BCUT2D eigenvalue weighted by atomic mass is 32.1. The molecule has 3 rings (SSSR count). The van der Waals surface area contributed by atoms with E-state index < -0.39 is 18.1 Å². The number of rotatable bonds is 8. The van der Waals surface area contributed by atoms with E-state index in [4.69, 9.17) is 26.8 Å². The maximum atomic E-state index is 11.8. The Morgan fingerprint density at radius 2 is 2.11 bits per heavy atom. The lowest BCUT2D eigenvalue weighted by Crippen LogP contribution is -2.13. The van der Waals surface area contributed by atoms with Crippen LogP contribution >= 0.6 is 12.2 Å². The summed E-state index contributed by atoms with van der Waals surface area (Å²) in [6.45, 7) is 0.0118. The fourth-order valence-corrected chi connectivity index (χ4v) is 2.67. The first kappa shape index (κ1) is 19.4. The van der Waals surface area contributed by atoms with Crippen LogP contribution in [0, 0.1) is 22.0 Å². The zero-order valence-electron chi connectivity index (χ0n) is 14.7. The van der Waals surface area contributed by atoms with Crippen molar-refractivity contribution < 1.29 is 19.4 Å². The summed E-state index contributed by atoms with van der Waals surface area (Å²) in [6.07, 6.45) is 5.34. The predicted octanol–water partition coefficient (Wildman–Crippen LogP) is 2.73. The number of nitriles is 1. The highest BCUT2D eigenvalue weighted by molar-refractivity contribution is 7.71. The van der Waals surface area contributed by atoms with Gasteiger partial charge in [-0.15, -0.1) is 0 Å². The van der Waals surface area contributed by atoms with Gasteiger partial charge in [0.2, 0.25) is 0 Å². The molecule has 2 aromatic rings. The van der Waals surface area contributed by atoms with Gasteiger partial charge in [0.1, 0.15) is 11.6 Å². The number of aromatic amines is 2. The van der Waals surface area contributed by atoms with E-state index in [9.17, 15) is 14.9 Å². The Hall–Kier alpha value is -3.38. The monoisotopic (exact) mass is 399 g/mol. The van der Waals surface area contributed by atoms with Crippen molar-refractivity contribution in [3.63, 3.8) is 0 Å². The van der Waals surface area contributed by atoms with Crippen LogP contribution in [-0.4, -0.2) is 34.3 Å². The van der Waals surface area contributed by atoms with Gasteiger partial charge in [0.05, 0.1) is 12.3 Å². The van der Waals surface area contributed by atoms with Gasteiger partial charge in [0.15, 0.2) is 22.9 Å². The van der Waals surface area contributed by atoms with E-state index in [1.165, 1.54) is 6.08 Å². The molecule has 1 aliphatic carbocycles. The fourth-order valence-electron chi connectivity index (χ4n) is 2.47. The van der Waals surface area contributed by atoms with E-state index in [0.29, 0.717) is 23.8 Å². The molecule has 9 heteroatoms. The molecule has 0 bridgehead atoms. The molecule has 8 nitrogen and oxygen atoms in total. The molecule has 0 saturated heterocycles. The zero-order valence-corrected chi connectivity index (χ0v) is 15.5. The Labute approximate surface area is 165 Å². The summed E-state index contributed by atoms with van der Waals surface area (Å²) in [7, 11) is 0. The first-order valence-electron chi connectivity index (χ1n) is 8.53. The number of H-pyrrole nitrogens is 2. The topological polar surface area (TPSA) is 128 Å². The first-order valence-corrected chi connectivity index (χ1v) is 8.94. The third-order valence-corrected chi connectivity index (χ3v) is 4.24. The molecule has 1 aromatic heterocycles. The molecule has 1 fully saturated rings. The average Bonchev–Trinajstić information content (AvgIpc) is 3.47. The molecular weight excluding hydrogens is 382 g/mol. The van der Waals surface area contributed by atoms with Crippen molar-refractivity contribution in [1.82, 2.24) is 9.97 Å². The number of nitrogens with one attached hydrogen (secondary N) is 2. The van der Waals surface area contributed by atoms with E-state index in [-0.39, 0.29) is 21.8 Å². The average molecular weight is 399 g/mol. The summed E-state index contributed by atoms with van der Waals surface area (Å²) in [5.74, 6) is 0.122. The molecule has 1 saturated carbocycles. The summed E-state index contributed by atoms with van der Waals surface area (Å²) in [5, 5.41) is 18.1. The SMILES string of the molecule is N#Cc1c(C=Cc2cccc(OCC3CC3)c2OCC(=O)O)[nH]c(=S)[nH]c1=O. The second kappa shape index (κ2) is 8.54. The molecule has 1 heterocycles. The number of aliphatic carboxylic acids is 1. The Morgan fingerprint density at radius 1 is 1.32 bits per heavy atom. The zero-order chi connectivity index (χ0) is 20.1. The lowest BCUT2D eigenvalue weighted by molar-refractivity contribution is -0.139. The van der Waals surface area contributed by atoms with E-state index in [0.717, 1.165) is 12.8 Å². The Morgan fingerprint density at radius 3 is 2.79 bits per heavy atom. The van der Waals surface area contributed by atoms with Gasteiger partial charge >= 0.3 is 5.97 Å². The summed E-state index contributed by atoms with van der Waals surface area (Å²) in [4.78, 5) is 27.9. The predicted molar refractivity (Wildman–Crippen MR) is 104 cm³/mol. The largest absolute Gasteiger partial charge is 0.489 e. The summed E-state index contributed by atoms with van der Waals surface area (Å²) in [6, 6.07) is 7.00. The molecule has 3 N–H and O–H groups in total. The van der Waals surface area contributed by atoms with Gasteiger partial charge in [0, 0.05) is 5.56 Å². The number of aromatic nitrogens is 2. The molecule has 0 aliphatic heterocycles.